The number of hydrogen-bond acceptors (Lipinski definition) is 14. The largest absolute Gasteiger partial charge is 2.00 e. The van der Waals surface area contributed by atoms with Gasteiger partial charge in [-0.3, -0.25) is 40.7 Å². The molecule has 36 heavy (non-hydrogen) atoms. The Morgan fingerprint density at radius 2 is 0.778 bits per heavy atom. The van der Waals surface area contributed by atoms with Crippen molar-refractivity contribution in [3.8, 4) is 0 Å². The molecular weight excluding hydrogens is 601 g/mol. The molecule has 0 saturated heterocycles. The Hall–Kier alpha value is -4.62. The number of non-ortho nitro benzene ring substituents is 2. The molecule has 21 nitrogen and oxygen atoms in total. The van der Waals surface area contributed by atoms with E-state index in [2.05, 4.69) is 0 Å². The number of carbonyl (C=O) groups is 2. The van der Waals surface area contributed by atoms with Crippen LogP contribution < -0.4 is 22.5 Å². The van der Waals surface area contributed by atoms with Gasteiger partial charge in [-0.1, -0.05) is 0 Å². The van der Waals surface area contributed by atoms with E-state index in [9.17, 15) is 29.8 Å². The van der Waals surface area contributed by atoms with Crippen LogP contribution in [0.4, 0.5) is 11.4 Å². The average Bonchev–Trinajstić information content (AvgIpc) is 2.77. The molecule has 0 atom stereocenters. The van der Waals surface area contributed by atoms with Crippen LogP contribution in [0, 0.1) is 50.9 Å². The van der Waals surface area contributed by atoms with Gasteiger partial charge in [-0.2, -0.15) is 0 Å². The second kappa shape index (κ2) is 21.0. The first kappa shape index (κ1) is 38.6. The van der Waals surface area contributed by atoms with Crippen molar-refractivity contribution in [3.63, 3.8) is 0 Å². The molecular formula is C14H17CdN8O13+. The minimum Gasteiger partial charge on any atom is -0.457 e. The summed E-state index contributed by atoms with van der Waals surface area (Å²) >= 11 is 0. The Kier molecular flexibility index (Phi) is 22.5. The smallest absolute Gasteiger partial charge is 0.457 e. The Bertz CT molecular complexity index is 915. The van der Waals surface area contributed by atoms with Crippen LogP contribution in [-0.4, -0.2) is 31.8 Å². The van der Waals surface area contributed by atoms with E-state index < -0.39 is 31.8 Å². The molecule has 0 bridgehead atoms. The molecule has 2 aromatic rings. The van der Waals surface area contributed by atoms with Crippen LogP contribution in [0.25, 0.3) is 0 Å². The predicted molar refractivity (Wildman–Crippen MR) is 115 cm³/mol. The Morgan fingerprint density at radius 3 is 0.917 bits per heavy atom. The molecule has 9 N–H and O–H groups in total. The molecule has 192 valence electrons. The second-order valence-electron chi connectivity index (χ2n) is 5.00. The summed E-state index contributed by atoms with van der Waals surface area (Å²) in [6.45, 7) is 0. The van der Waals surface area contributed by atoms with E-state index >= 15 is 0 Å². The fourth-order valence-corrected chi connectivity index (χ4v) is 1.64. The van der Waals surface area contributed by atoms with Crippen molar-refractivity contribution in [1.82, 2.24) is 10.9 Å². The number of nitro benzene ring substituents is 2. The molecule has 0 unspecified atom stereocenters. The minimum atomic E-state index is -1.75. The van der Waals surface area contributed by atoms with Crippen LogP contribution in [0.2, 0.25) is 0 Å². The molecule has 0 aliphatic carbocycles. The summed E-state index contributed by atoms with van der Waals surface area (Å²) in [6.07, 6.45) is 0. The van der Waals surface area contributed by atoms with Crippen LogP contribution in [0.5, 0.6) is 0 Å². The van der Waals surface area contributed by atoms with Crippen molar-refractivity contribution in [2.24, 2.45) is 11.7 Å². The number of carbonyl (C=O) groups excluding carboxylic acids is 2. The van der Waals surface area contributed by atoms with Gasteiger partial charge >= 0.3 is 27.3 Å². The minimum absolute atomic E-state index is 0. The number of hydrazine groups is 2. The Labute approximate surface area is 218 Å². The zero-order valence-electron chi connectivity index (χ0n) is 17.7. The molecule has 0 aliphatic rings. The van der Waals surface area contributed by atoms with Crippen molar-refractivity contribution in [3.05, 3.63) is 111 Å². The maximum atomic E-state index is 10.9. The van der Waals surface area contributed by atoms with E-state index in [-0.39, 0.29) is 55.3 Å². The Balaban J connectivity index is -0.000000211. The summed E-state index contributed by atoms with van der Waals surface area (Å²) in [7, 11) is 0. The van der Waals surface area contributed by atoms with Gasteiger partial charge in [-0.25, -0.2) is 11.7 Å². The quantitative estimate of drug-likeness (QED) is 0.0797. The first-order chi connectivity index (χ1) is 15.8. The van der Waals surface area contributed by atoms with Crippen LogP contribution in [0.3, 0.4) is 0 Å². The van der Waals surface area contributed by atoms with Gasteiger partial charge in [0.2, 0.25) is 0 Å². The van der Waals surface area contributed by atoms with Crippen LogP contribution in [0.15, 0.2) is 48.5 Å². The third kappa shape index (κ3) is 18.9. The fraction of sp³-hybridized carbons (Fsp3) is 0. The van der Waals surface area contributed by atoms with Crippen LogP contribution in [-0.2, 0) is 32.8 Å². The summed E-state index contributed by atoms with van der Waals surface area (Å²) < 4.78 is 0. The van der Waals surface area contributed by atoms with Crippen LogP contribution in [0.1, 0.15) is 20.7 Å². The SMILES string of the molecule is NNC(=O)c1ccc([N+](=O)[O-])cc1.NNC(=O)c1ccc([N+](=O)[O-])cc1.O=[N+]([O-])[O-].O=[N+]([O-])[O-].[Cd+2].[OH3+]. The molecule has 2 aromatic carbocycles. The monoisotopic (exact) mass is 619 g/mol. The zero-order valence-corrected chi connectivity index (χ0v) is 21.8. The molecule has 0 saturated carbocycles. The molecule has 0 radical (unpaired) electrons. The first-order valence-electron chi connectivity index (χ1n) is 7.90. The topological polar surface area (TPSA) is 362 Å². The molecule has 2 amide bonds. The van der Waals surface area contributed by atoms with E-state index in [0.29, 0.717) is 0 Å². The first-order valence-corrected chi connectivity index (χ1v) is 7.90. The van der Waals surface area contributed by atoms with Crippen molar-refractivity contribution in [2.75, 3.05) is 0 Å². The number of nitrogens with one attached hydrogen (secondary N) is 2. The number of hydrogen-bond donors (Lipinski definition) is 4. The standard InChI is InChI=1S/2C7H7N3O3.Cd.2NO3.H2O/c2*8-9-7(11)5-1-3-6(4-2-5)10(12)13;;2*2-1(3)4;/h2*1-4H,8H2,(H,9,11);;;;1H2/q;;+2;2*-1;/p+1. The number of nitrogens with zero attached hydrogens (tertiary/aromatic N) is 4. The van der Waals surface area contributed by atoms with Crippen molar-refractivity contribution < 1.29 is 62.4 Å². The predicted octanol–water partition coefficient (Wildman–Crippen LogP) is -1.01. The summed E-state index contributed by atoms with van der Waals surface area (Å²) in [6, 6.07) is 10.3. The van der Waals surface area contributed by atoms with Crippen molar-refractivity contribution in [2.45, 2.75) is 0 Å². The third-order valence-electron chi connectivity index (χ3n) is 2.94. The van der Waals surface area contributed by atoms with Crippen LogP contribution >= 0.6 is 0 Å². The number of nitro groups is 2. The van der Waals surface area contributed by atoms with Gasteiger partial charge in [-0.15, -0.1) is 0 Å². The number of rotatable bonds is 4. The summed E-state index contributed by atoms with van der Waals surface area (Å²) in [5, 5.41) is 50.0. The molecule has 0 fully saturated rings. The second-order valence-corrected chi connectivity index (χ2v) is 5.00. The normalized spacial score (nSPS) is 8.06. The number of nitrogen functional groups attached to an aromatic ring is 2. The maximum absolute atomic E-state index is 10.9. The van der Waals surface area contributed by atoms with Gasteiger partial charge in [0.1, 0.15) is 0 Å². The molecule has 0 spiro atoms. The van der Waals surface area contributed by atoms with Gasteiger partial charge in [0.15, 0.2) is 0 Å². The molecule has 22 heteroatoms. The molecule has 2 rings (SSSR count). The summed E-state index contributed by atoms with van der Waals surface area (Å²) in [5.74, 6) is 8.78. The summed E-state index contributed by atoms with van der Waals surface area (Å²) in [5.41, 5.74) is 4.29. The number of amides is 2. The zero-order chi connectivity index (χ0) is 26.8. The van der Waals surface area contributed by atoms with Gasteiger partial charge in [0.25, 0.3) is 23.2 Å². The average molecular weight is 618 g/mol. The van der Waals surface area contributed by atoms with E-state index in [1.54, 1.807) is 0 Å². The van der Waals surface area contributed by atoms with Gasteiger partial charge in [0.05, 0.1) is 20.0 Å². The van der Waals surface area contributed by atoms with E-state index in [0.717, 1.165) is 0 Å². The molecule has 0 heterocycles. The van der Waals surface area contributed by atoms with Gasteiger partial charge in [0, 0.05) is 35.4 Å². The third-order valence-corrected chi connectivity index (χ3v) is 2.94. The van der Waals surface area contributed by atoms with E-state index in [1.807, 2.05) is 10.9 Å². The van der Waals surface area contributed by atoms with Crippen molar-refractivity contribution in [1.29, 1.82) is 0 Å². The van der Waals surface area contributed by atoms with E-state index in [1.165, 1.54) is 48.5 Å². The molecule has 0 aromatic heterocycles. The number of nitrogens with two attached hydrogens (primary N) is 2. The Morgan fingerprint density at radius 1 is 0.583 bits per heavy atom. The summed E-state index contributed by atoms with van der Waals surface area (Å²) in [4.78, 5) is 57.7. The van der Waals surface area contributed by atoms with Crippen molar-refractivity contribution >= 4 is 23.2 Å². The fourth-order valence-electron chi connectivity index (χ4n) is 1.64. The van der Waals surface area contributed by atoms with Gasteiger partial charge < -0.3 is 36.1 Å². The van der Waals surface area contributed by atoms with Gasteiger partial charge in [-0.05, 0) is 24.3 Å². The molecule has 0 aliphatic heterocycles. The number of benzene rings is 2. The maximum Gasteiger partial charge on any atom is 2.00 e. The van der Waals surface area contributed by atoms with E-state index in [4.69, 9.17) is 42.3 Å².